The number of nitrogens with zero attached hydrogens (tertiary/aromatic N) is 3. The van der Waals surface area contributed by atoms with E-state index in [0.29, 0.717) is 36.9 Å². The van der Waals surface area contributed by atoms with Crippen molar-refractivity contribution >= 4 is 17.4 Å². The van der Waals surface area contributed by atoms with Crippen molar-refractivity contribution in [2.45, 2.75) is 19.1 Å². The molecule has 1 spiro atoms. The van der Waals surface area contributed by atoms with Crippen LogP contribution in [-0.4, -0.2) is 52.5 Å². The van der Waals surface area contributed by atoms with Crippen LogP contribution >= 0.6 is 11.5 Å². The zero-order chi connectivity index (χ0) is 11.9. The summed E-state index contributed by atoms with van der Waals surface area (Å²) in [5.74, 6) is -0.574. The van der Waals surface area contributed by atoms with E-state index in [1.165, 1.54) is 0 Å². The van der Waals surface area contributed by atoms with Crippen molar-refractivity contribution in [2.75, 3.05) is 26.3 Å². The van der Waals surface area contributed by atoms with Gasteiger partial charge in [-0.25, -0.2) is 0 Å². The maximum absolute atomic E-state index is 12.2. The van der Waals surface area contributed by atoms with Gasteiger partial charge in [0.2, 0.25) is 0 Å². The topological polar surface area (TPSA) is 64.6 Å². The van der Waals surface area contributed by atoms with Crippen LogP contribution in [0.15, 0.2) is 0 Å². The second kappa shape index (κ2) is 4.01. The third-order valence-corrected chi connectivity index (χ3v) is 3.96. The van der Waals surface area contributed by atoms with Gasteiger partial charge in [0.15, 0.2) is 5.79 Å². The first-order valence-electron chi connectivity index (χ1n) is 5.56. The van der Waals surface area contributed by atoms with E-state index < -0.39 is 5.79 Å². The Morgan fingerprint density at radius 1 is 1.47 bits per heavy atom. The summed E-state index contributed by atoms with van der Waals surface area (Å²) in [6, 6.07) is 0. The number of aromatic nitrogens is 2. The van der Waals surface area contributed by atoms with E-state index in [4.69, 9.17) is 9.47 Å². The second-order valence-electron chi connectivity index (χ2n) is 4.27. The number of likely N-dealkylation sites (tertiary alicyclic amines) is 1. The lowest BCUT2D eigenvalue weighted by molar-refractivity contribution is -0.143. The molecule has 0 radical (unpaired) electrons. The van der Waals surface area contributed by atoms with Gasteiger partial charge in [-0.15, -0.1) is 5.10 Å². The normalized spacial score (nSPS) is 22.5. The molecule has 0 saturated carbocycles. The Labute approximate surface area is 103 Å². The fourth-order valence-corrected chi connectivity index (χ4v) is 2.86. The molecular formula is C10H13N3O3S. The Morgan fingerprint density at radius 2 is 2.24 bits per heavy atom. The lowest BCUT2D eigenvalue weighted by atomic mass is 10.2. The number of carbonyl (C=O) groups is 1. The highest BCUT2D eigenvalue weighted by molar-refractivity contribution is 7.07. The number of hydrogen-bond acceptors (Lipinski definition) is 6. The molecule has 0 N–H and O–H groups in total. The third-order valence-electron chi connectivity index (χ3n) is 3.14. The summed E-state index contributed by atoms with van der Waals surface area (Å²) in [6.07, 6.45) is 0.740. The van der Waals surface area contributed by atoms with Crippen molar-refractivity contribution in [3.63, 3.8) is 0 Å². The van der Waals surface area contributed by atoms with Gasteiger partial charge in [0, 0.05) is 13.0 Å². The van der Waals surface area contributed by atoms with Crippen LogP contribution in [0.5, 0.6) is 0 Å². The van der Waals surface area contributed by atoms with Crippen molar-refractivity contribution in [3.8, 4) is 0 Å². The predicted molar refractivity (Wildman–Crippen MR) is 59.8 cm³/mol. The van der Waals surface area contributed by atoms with Gasteiger partial charge in [0.05, 0.1) is 25.5 Å². The zero-order valence-corrected chi connectivity index (χ0v) is 10.3. The van der Waals surface area contributed by atoms with Gasteiger partial charge < -0.3 is 14.4 Å². The second-order valence-corrected chi connectivity index (χ2v) is 5.03. The number of rotatable bonds is 1. The standard InChI is InChI=1S/C10H13N3O3S/c1-7-8(17-12-11-7)9(14)13-3-2-10(6-13)15-4-5-16-10/h2-6H2,1H3. The molecule has 17 heavy (non-hydrogen) atoms. The Kier molecular flexibility index (Phi) is 2.61. The molecule has 0 bridgehead atoms. The van der Waals surface area contributed by atoms with Gasteiger partial charge in [-0.05, 0) is 18.5 Å². The first kappa shape index (κ1) is 11.1. The molecule has 0 aliphatic carbocycles. The number of aryl methyl sites for hydroxylation is 1. The lowest BCUT2D eigenvalue weighted by Gasteiger charge is -2.21. The maximum Gasteiger partial charge on any atom is 0.267 e. The fraction of sp³-hybridized carbons (Fsp3) is 0.700. The van der Waals surface area contributed by atoms with Gasteiger partial charge in [0.1, 0.15) is 4.88 Å². The number of hydrogen-bond donors (Lipinski definition) is 0. The van der Waals surface area contributed by atoms with E-state index >= 15 is 0 Å². The molecule has 1 amide bonds. The van der Waals surface area contributed by atoms with Crippen molar-refractivity contribution in [3.05, 3.63) is 10.6 Å². The summed E-state index contributed by atoms with van der Waals surface area (Å²) in [4.78, 5) is 14.6. The Bertz CT molecular complexity index is 442. The van der Waals surface area contributed by atoms with Gasteiger partial charge in [-0.3, -0.25) is 4.79 Å². The number of carbonyl (C=O) groups excluding carboxylic acids is 1. The largest absolute Gasteiger partial charge is 0.346 e. The van der Waals surface area contributed by atoms with Crippen LogP contribution in [0.2, 0.25) is 0 Å². The molecule has 2 aliphatic heterocycles. The molecule has 0 unspecified atom stereocenters. The quantitative estimate of drug-likeness (QED) is 0.728. The van der Waals surface area contributed by atoms with E-state index in [1.54, 1.807) is 11.8 Å². The third kappa shape index (κ3) is 1.84. The summed E-state index contributed by atoms with van der Waals surface area (Å²) in [5.41, 5.74) is 0.689. The van der Waals surface area contributed by atoms with Crippen molar-refractivity contribution in [2.24, 2.45) is 0 Å². The fourth-order valence-electron chi connectivity index (χ4n) is 2.23. The SMILES string of the molecule is Cc1nnsc1C(=O)N1CCC2(C1)OCCO2. The van der Waals surface area contributed by atoms with Gasteiger partial charge >= 0.3 is 0 Å². The van der Waals surface area contributed by atoms with E-state index in [1.807, 2.05) is 0 Å². The van der Waals surface area contributed by atoms with E-state index in [-0.39, 0.29) is 5.91 Å². The molecule has 2 fully saturated rings. The number of amides is 1. The van der Waals surface area contributed by atoms with Crippen LogP contribution in [-0.2, 0) is 9.47 Å². The zero-order valence-electron chi connectivity index (χ0n) is 9.51. The minimum absolute atomic E-state index is 0.0199. The van der Waals surface area contributed by atoms with E-state index in [0.717, 1.165) is 18.0 Å². The maximum atomic E-state index is 12.2. The molecule has 6 nitrogen and oxygen atoms in total. The molecule has 2 saturated heterocycles. The van der Waals surface area contributed by atoms with Gasteiger partial charge in [-0.1, -0.05) is 4.49 Å². The summed E-state index contributed by atoms with van der Waals surface area (Å²) in [5, 5.41) is 3.86. The molecule has 0 atom stereocenters. The molecule has 0 aromatic carbocycles. The lowest BCUT2D eigenvalue weighted by Crippen LogP contribution is -2.36. The summed E-state index contributed by atoms with van der Waals surface area (Å²) < 4.78 is 15.0. The van der Waals surface area contributed by atoms with Crippen LogP contribution in [0.3, 0.4) is 0 Å². The minimum atomic E-state index is -0.554. The molecule has 92 valence electrons. The summed E-state index contributed by atoms with van der Waals surface area (Å²) in [7, 11) is 0. The highest BCUT2D eigenvalue weighted by Crippen LogP contribution is 2.31. The highest BCUT2D eigenvalue weighted by Gasteiger charge is 2.45. The highest BCUT2D eigenvalue weighted by atomic mass is 32.1. The van der Waals surface area contributed by atoms with Crippen molar-refractivity contribution < 1.29 is 14.3 Å². The molecule has 3 heterocycles. The van der Waals surface area contributed by atoms with Crippen LogP contribution in [0, 0.1) is 6.92 Å². The van der Waals surface area contributed by atoms with Crippen LogP contribution in [0.25, 0.3) is 0 Å². The Morgan fingerprint density at radius 3 is 2.88 bits per heavy atom. The summed E-state index contributed by atoms with van der Waals surface area (Å²) in [6.45, 7) is 4.19. The van der Waals surface area contributed by atoms with Gasteiger partial charge in [-0.2, -0.15) is 0 Å². The smallest absolute Gasteiger partial charge is 0.267 e. The first-order valence-corrected chi connectivity index (χ1v) is 6.34. The van der Waals surface area contributed by atoms with Crippen molar-refractivity contribution in [1.29, 1.82) is 0 Å². The molecule has 1 aromatic rings. The Hall–Kier alpha value is -1.05. The minimum Gasteiger partial charge on any atom is -0.346 e. The molecule has 7 heteroatoms. The number of ether oxygens (including phenoxy) is 2. The van der Waals surface area contributed by atoms with Crippen LogP contribution in [0.4, 0.5) is 0 Å². The monoisotopic (exact) mass is 255 g/mol. The molecular weight excluding hydrogens is 242 g/mol. The average Bonchev–Trinajstić information content (AvgIpc) is 3.02. The summed E-state index contributed by atoms with van der Waals surface area (Å²) >= 11 is 1.14. The molecule has 3 rings (SSSR count). The molecule has 2 aliphatic rings. The van der Waals surface area contributed by atoms with Crippen LogP contribution in [0.1, 0.15) is 21.8 Å². The van der Waals surface area contributed by atoms with Gasteiger partial charge in [0.25, 0.3) is 5.91 Å². The van der Waals surface area contributed by atoms with Crippen LogP contribution < -0.4 is 0 Å². The average molecular weight is 255 g/mol. The van der Waals surface area contributed by atoms with E-state index in [9.17, 15) is 4.79 Å². The molecule has 1 aromatic heterocycles. The Balaban J connectivity index is 1.75. The first-order chi connectivity index (χ1) is 8.20. The predicted octanol–water partition coefficient (Wildman–Crippen LogP) is 0.436. The van der Waals surface area contributed by atoms with Crippen molar-refractivity contribution in [1.82, 2.24) is 14.5 Å². The van der Waals surface area contributed by atoms with E-state index in [2.05, 4.69) is 9.59 Å².